The summed E-state index contributed by atoms with van der Waals surface area (Å²) < 4.78 is 22.1. The smallest absolute Gasteiger partial charge is 0.237 e. The third kappa shape index (κ3) is 3.74. The average Bonchev–Trinajstić information content (AvgIpc) is 2.57. The van der Waals surface area contributed by atoms with Crippen molar-refractivity contribution < 1.29 is 18.3 Å². The topological polar surface area (TPSA) is 113 Å². The summed E-state index contributed by atoms with van der Waals surface area (Å²) in [5.41, 5.74) is 5.00. The van der Waals surface area contributed by atoms with Crippen LogP contribution in [0.2, 0.25) is 0 Å². The molecule has 122 valence electrons. The predicted octanol–water partition coefficient (Wildman–Crippen LogP) is -1.19. The van der Waals surface area contributed by atoms with E-state index in [1.807, 2.05) is 4.90 Å². The van der Waals surface area contributed by atoms with Gasteiger partial charge in [0.1, 0.15) is 5.54 Å². The number of aliphatic hydroxyl groups is 1. The number of carbonyl (C=O) groups is 1. The molecule has 0 aromatic heterocycles. The molecule has 2 saturated heterocycles. The maximum Gasteiger partial charge on any atom is 0.237 e. The molecule has 7 nitrogen and oxygen atoms in total. The van der Waals surface area contributed by atoms with E-state index in [0.29, 0.717) is 12.6 Å². The van der Waals surface area contributed by atoms with Gasteiger partial charge in [-0.1, -0.05) is 0 Å². The molecule has 2 aliphatic rings. The highest BCUT2D eigenvalue weighted by Crippen LogP contribution is 2.43. The van der Waals surface area contributed by atoms with Crippen LogP contribution in [-0.2, 0) is 14.6 Å². The minimum atomic E-state index is -3.10. The molecule has 0 saturated carbocycles. The first-order valence-corrected chi connectivity index (χ1v) is 9.44. The zero-order chi connectivity index (χ0) is 15.7. The van der Waals surface area contributed by atoms with Crippen LogP contribution in [0, 0.1) is 0 Å². The number of hydrogen-bond donors (Lipinski definition) is 3. The average molecular weight is 319 g/mol. The summed E-state index contributed by atoms with van der Waals surface area (Å²) in [6, 6.07) is 0.302. The van der Waals surface area contributed by atoms with Crippen LogP contribution >= 0.6 is 0 Å². The van der Waals surface area contributed by atoms with Gasteiger partial charge in [0.25, 0.3) is 0 Å². The van der Waals surface area contributed by atoms with Gasteiger partial charge in [-0.15, -0.1) is 0 Å². The Labute approximate surface area is 125 Å². The number of aliphatic hydroxyl groups excluding tert-OH is 1. The van der Waals surface area contributed by atoms with Gasteiger partial charge in [0.05, 0.1) is 12.0 Å². The van der Waals surface area contributed by atoms with Gasteiger partial charge >= 0.3 is 0 Å². The Morgan fingerprint density at radius 1 is 1.48 bits per heavy atom. The Morgan fingerprint density at radius 3 is 2.81 bits per heavy atom. The Morgan fingerprint density at radius 2 is 2.19 bits per heavy atom. The van der Waals surface area contributed by atoms with Crippen LogP contribution in [0.25, 0.3) is 0 Å². The summed E-state index contributed by atoms with van der Waals surface area (Å²) in [7, 11) is -3.10. The van der Waals surface area contributed by atoms with E-state index in [9.17, 15) is 18.3 Å². The van der Waals surface area contributed by atoms with Crippen molar-refractivity contribution in [3.05, 3.63) is 0 Å². The van der Waals surface area contributed by atoms with E-state index in [0.717, 1.165) is 38.4 Å². The third-order valence-electron chi connectivity index (χ3n) is 4.62. The van der Waals surface area contributed by atoms with E-state index in [4.69, 9.17) is 5.73 Å². The number of nitrogens with two attached hydrogens (primary N) is 1. The molecular weight excluding hydrogens is 294 g/mol. The molecule has 3 atom stereocenters. The second-order valence-electron chi connectivity index (χ2n) is 6.31. The molecule has 2 fully saturated rings. The minimum Gasteiger partial charge on any atom is -0.390 e. The third-order valence-corrected chi connectivity index (χ3v) is 5.35. The second kappa shape index (κ2) is 6.20. The number of carbonyl (C=O) groups excluding carboxylic acids is 1. The summed E-state index contributed by atoms with van der Waals surface area (Å²) in [5.74, 6) is -0.463. The molecule has 21 heavy (non-hydrogen) atoms. The van der Waals surface area contributed by atoms with Crippen LogP contribution in [-0.4, -0.2) is 67.2 Å². The zero-order valence-corrected chi connectivity index (χ0v) is 13.2. The standard InChI is InChI=1S/C13H25N3O4S/c1-21(19,20)9-15-7-11(17)8-16-10-3-2-5-13(16,6-4-10)12(14)18/h10-11,15,17H,2-9H2,1H3,(H2,14,18)/t10-,11+,13+/m0/s1. The molecule has 0 aromatic rings. The Kier molecular flexibility index (Phi) is 4.92. The number of fused-ring (bicyclic) bond motifs is 2. The molecule has 0 radical (unpaired) electrons. The van der Waals surface area contributed by atoms with Crippen molar-refractivity contribution >= 4 is 15.7 Å². The SMILES string of the molecule is CS(=O)(=O)CNC[C@@H](O)CN1[C@H]2CCC[C@]1(C(N)=O)CC2. The zero-order valence-electron chi connectivity index (χ0n) is 12.4. The van der Waals surface area contributed by atoms with Crippen LogP contribution in [0.4, 0.5) is 0 Å². The van der Waals surface area contributed by atoms with E-state index in [1.54, 1.807) is 0 Å². The lowest BCUT2D eigenvalue weighted by molar-refractivity contribution is -0.132. The number of sulfone groups is 1. The molecule has 0 spiro atoms. The first-order valence-electron chi connectivity index (χ1n) is 7.38. The predicted molar refractivity (Wildman–Crippen MR) is 79.2 cm³/mol. The molecule has 0 aromatic carbocycles. The number of primary amides is 1. The van der Waals surface area contributed by atoms with Gasteiger partial charge in [-0.3, -0.25) is 9.69 Å². The quantitative estimate of drug-likeness (QED) is 0.544. The van der Waals surface area contributed by atoms with Gasteiger partial charge in [-0.05, 0) is 32.1 Å². The van der Waals surface area contributed by atoms with Crippen molar-refractivity contribution in [1.29, 1.82) is 0 Å². The van der Waals surface area contributed by atoms with Crippen molar-refractivity contribution in [2.75, 3.05) is 25.2 Å². The van der Waals surface area contributed by atoms with Crippen molar-refractivity contribution in [3.63, 3.8) is 0 Å². The van der Waals surface area contributed by atoms with Crippen LogP contribution in [0.3, 0.4) is 0 Å². The minimum absolute atomic E-state index is 0.158. The fourth-order valence-corrected chi connectivity index (χ4v) is 4.16. The van der Waals surface area contributed by atoms with Crippen molar-refractivity contribution in [2.45, 2.75) is 49.8 Å². The van der Waals surface area contributed by atoms with Crippen LogP contribution < -0.4 is 11.1 Å². The van der Waals surface area contributed by atoms with Gasteiger partial charge in [0.15, 0.2) is 9.84 Å². The van der Waals surface area contributed by atoms with E-state index in [-0.39, 0.29) is 18.3 Å². The number of amides is 1. The lowest BCUT2D eigenvalue weighted by Crippen LogP contribution is -2.60. The van der Waals surface area contributed by atoms with Crippen molar-refractivity contribution in [3.8, 4) is 0 Å². The van der Waals surface area contributed by atoms with Crippen LogP contribution in [0.15, 0.2) is 0 Å². The number of nitrogens with zero attached hydrogens (tertiary/aromatic N) is 1. The Bertz CT molecular complexity index is 492. The highest BCUT2D eigenvalue weighted by Gasteiger charge is 2.52. The van der Waals surface area contributed by atoms with Crippen LogP contribution in [0.5, 0.6) is 0 Å². The van der Waals surface area contributed by atoms with Gasteiger partial charge in [-0.2, -0.15) is 0 Å². The van der Waals surface area contributed by atoms with Crippen molar-refractivity contribution in [1.82, 2.24) is 10.2 Å². The fraction of sp³-hybridized carbons (Fsp3) is 0.923. The van der Waals surface area contributed by atoms with E-state index >= 15 is 0 Å². The molecule has 2 rings (SSSR count). The van der Waals surface area contributed by atoms with Gasteiger partial charge in [0.2, 0.25) is 5.91 Å². The Hall–Kier alpha value is -0.700. The number of nitrogens with one attached hydrogen (secondary N) is 1. The number of rotatable bonds is 7. The normalized spacial score (nSPS) is 31.2. The van der Waals surface area contributed by atoms with Gasteiger partial charge in [0, 0.05) is 25.4 Å². The molecular formula is C13H25N3O4S. The maximum atomic E-state index is 11.9. The summed E-state index contributed by atoms with van der Waals surface area (Å²) in [6.45, 7) is 0.537. The van der Waals surface area contributed by atoms with E-state index < -0.39 is 21.5 Å². The summed E-state index contributed by atoms with van der Waals surface area (Å²) >= 11 is 0. The molecule has 8 heteroatoms. The number of hydrogen-bond acceptors (Lipinski definition) is 6. The van der Waals surface area contributed by atoms with Crippen molar-refractivity contribution in [2.24, 2.45) is 5.73 Å². The molecule has 2 heterocycles. The van der Waals surface area contributed by atoms with Gasteiger partial charge in [-0.25, -0.2) is 8.42 Å². The van der Waals surface area contributed by atoms with E-state index in [2.05, 4.69) is 5.32 Å². The first-order chi connectivity index (χ1) is 9.74. The lowest BCUT2D eigenvalue weighted by Gasteiger charge is -2.43. The maximum absolute atomic E-state index is 11.9. The largest absolute Gasteiger partial charge is 0.390 e. The van der Waals surface area contributed by atoms with E-state index in [1.165, 1.54) is 0 Å². The first kappa shape index (κ1) is 16.7. The summed E-state index contributed by atoms with van der Waals surface area (Å²) in [6.07, 6.45) is 4.89. The van der Waals surface area contributed by atoms with Crippen LogP contribution in [0.1, 0.15) is 32.1 Å². The fourth-order valence-electron chi connectivity index (χ4n) is 3.67. The Balaban J connectivity index is 1.93. The molecule has 1 amide bonds. The lowest BCUT2D eigenvalue weighted by atomic mass is 9.87. The summed E-state index contributed by atoms with van der Waals surface area (Å²) in [4.78, 5) is 13.9. The number of β-amino-alcohol motifs (C(OH)–C–C–N with tert-alkyl or cyclic N) is 1. The van der Waals surface area contributed by atoms with Gasteiger partial charge < -0.3 is 16.2 Å². The molecule has 0 aliphatic carbocycles. The molecule has 2 bridgehead atoms. The molecule has 4 N–H and O–H groups in total. The second-order valence-corrected chi connectivity index (χ2v) is 8.45. The molecule has 0 unspecified atom stereocenters. The highest BCUT2D eigenvalue weighted by atomic mass is 32.2. The summed E-state index contributed by atoms with van der Waals surface area (Å²) in [5, 5.41) is 12.8. The molecule has 2 aliphatic heterocycles. The monoisotopic (exact) mass is 319 g/mol. The highest BCUT2D eigenvalue weighted by molar-refractivity contribution is 7.90. The number of piperidine rings is 1.